The molecule has 0 spiro atoms. The molecule has 0 aromatic heterocycles. The Bertz CT molecular complexity index is 167. The van der Waals surface area contributed by atoms with Crippen molar-refractivity contribution < 1.29 is 4.79 Å². The van der Waals surface area contributed by atoms with E-state index in [0.717, 1.165) is 12.3 Å². The third-order valence-corrected chi connectivity index (χ3v) is 3.11. The maximum atomic E-state index is 11.3. The van der Waals surface area contributed by atoms with Crippen LogP contribution in [0.1, 0.15) is 44.9 Å². The van der Waals surface area contributed by atoms with Crippen LogP contribution >= 0.6 is 11.6 Å². The van der Waals surface area contributed by atoms with E-state index >= 15 is 0 Å². The molecular formula is C11H20ClNO. The number of rotatable bonds is 5. The molecule has 1 saturated carbocycles. The molecule has 1 amide bonds. The topological polar surface area (TPSA) is 29.1 Å². The van der Waals surface area contributed by atoms with E-state index in [2.05, 4.69) is 5.32 Å². The predicted octanol–water partition coefficient (Wildman–Crippen LogP) is 2.70. The number of alkyl halides is 1. The summed E-state index contributed by atoms with van der Waals surface area (Å²) < 4.78 is 0. The van der Waals surface area contributed by atoms with Crippen molar-refractivity contribution in [3.05, 3.63) is 0 Å². The summed E-state index contributed by atoms with van der Waals surface area (Å²) in [5, 5.41) is 2.80. The predicted molar refractivity (Wildman–Crippen MR) is 59.5 cm³/mol. The van der Waals surface area contributed by atoms with Gasteiger partial charge in [-0.15, -0.1) is 11.6 Å². The van der Waals surface area contributed by atoms with Gasteiger partial charge in [0.05, 0.1) is 0 Å². The quantitative estimate of drug-likeness (QED) is 0.705. The van der Waals surface area contributed by atoms with Gasteiger partial charge in [0.2, 0.25) is 5.91 Å². The summed E-state index contributed by atoms with van der Waals surface area (Å²) in [4.78, 5) is 11.3. The van der Waals surface area contributed by atoms with Crippen LogP contribution < -0.4 is 5.32 Å². The molecule has 0 aromatic carbocycles. The van der Waals surface area contributed by atoms with Crippen LogP contribution in [0.25, 0.3) is 0 Å². The largest absolute Gasteiger partial charge is 0.355 e. The monoisotopic (exact) mass is 217 g/mol. The van der Waals surface area contributed by atoms with Gasteiger partial charge in [0.1, 0.15) is 0 Å². The van der Waals surface area contributed by atoms with E-state index in [1.165, 1.54) is 32.1 Å². The Morgan fingerprint density at radius 1 is 1.29 bits per heavy atom. The van der Waals surface area contributed by atoms with Gasteiger partial charge in [0.15, 0.2) is 0 Å². The average molecular weight is 218 g/mol. The summed E-state index contributed by atoms with van der Waals surface area (Å²) in [6, 6.07) is 0. The molecule has 0 atom stereocenters. The Morgan fingerprint density at radius 3 is 2.64 bits per heavy atom. The minimum Gasteiger partial charge on any atom is -0.355 e. The summed E-state index contributed by atoms with van der Waals surface area (Å²) in [6.45, 7) is 0.602. The first kappa shape index (κ1) is 11.8. The average Bonchev–Trinajstić information content (AvgIpc) is 2.25. The molecule has 0 saturated heterocycles. The first-order valence-corrected chi connectivity index (χ1v) is 6.19. The van der Waals surface area contributed by atoms with Crippen molar-refractivity contribution in [2.45, 2.75) is 44.9 Å². The highest BCUT2D eigenvalue weighted by molar-refractivity contribution is 6.18. The van der Waals surface area contributed by atoms with E-state index in [1.807, 2.05) is 0 Å². The van der Waals surface area contributed by atoms with Crippen LogP contribution in [0.2, 0.25) is 0 Å². The van der Waals surface area contributed by atoms with Gasteiger partial charge < -0.3 is 5.32 Å². The fraction of sp³-hybridized carbons (Fsp3) is 0.909. The van der Waals surface area contributed by atoms with E-state index in [4.69, 9.17) is 11.6 Å². The van der Waals surface area contributed by atoms with Crippen molar-refractivity contribution in [3.63, 3.8) is 0 Å². The molecule has 0 radical (unpaired) electrons. The highest BCUT2D eigenvalue weighted by Crippen LogP contribution is 2.26. The minimum absolute atomic E-state index is 0.163. The van der Waals surface area contributed by atoms with E-state index in [0.29, 0.717) is 18.8 Å². The first-order valence-electron chi connectivity index (χ1n) is 5.65. The van der Waals surface area contributed by atoms with Gasteiger partial charge in [-0.1, -0.05) is 32.1 Å². The highest BCUT2D eigenvalue weighted by Gasteiger charge is 2.14. The lowest BCUT2D eigenvalue weighted by molar-refractivity contribution is -0.121. The first-order chi connectivity index (χ1) is 6.83. The number of carbonyl (C=O) groups is 1. The van der Waals surface area contributed by atoms with Crippen molar-refractivity contribution in [2.24, 2.45) is 5.92 Å². The fourth-order valence-corrected chi connectivity index (χ4v) is 2.18. The van der Waals surface area contributed by atoms with Gasteiger partial charge in [-0.2, -0.15) is 0 Å². The van der Waals surface area contributed by atoms with Crippen molar-refractivity contribution in [3.8, 4) is 0 Å². The van der Waals surface area contributed by atoms with Gasteiger partial charge in [0.25, 0.3) is 0 Å². The number of hydrogen-bond acceptors (Lipinski definition) is 1. The maximum Gasteiger partial charge on any atom is 0.220 e. The second-order valence-corrected chi connectivity index (χ2v) is 4.46. The van der Waals surface area contributed by atoms with Crippen LogP contribution in [0.15, 0.2) is 0 Å². The van der Waals surface area contributed by atoms with Gasteiger partial charge in [0, 0.05) is 18.8 Å². The summed E-state index contributed by atoms with van der Waals surface area (Å²) in [7, 11) is 0. The molecule has 1 fully saturated rings. The Hall–Kier alpha value is -0.240. The smallest absolute Gasteiger partial charge is 0.220 e. The Kier molecular flexibility index (Phi) is 6.00. The zero-order valence-electron chi connectivity index (χ0n) is 8.73. The van der Waals surface area contributed by atoms with Crippen molar-refractivity contribution in [1.82, 2.24) is 5.32 Å². The number of carbonyl (C=O) groups excluding carboxylic acids is 1. The SMILES string of the molecule is O=C(CCC1CCCCC1)NCCCl. The standard InChI is InChI=1S/C11H20ClNO/c12-8-9-13-11(14)7-6-10-4-2-1-3-5-10/h10H,1-9H2,(H,13,14). The maximum absolute atomic E-state index is 11.3. The summed E-state index contributed by atoms with van der Waals surface area (Å²) in [5.74, 6) is 1.47. The number of amides is 1. The summed E-state index contributed by atoms with van der Waals surface area (Å²) in [5.41, 5.74) is 0. The summed E-state index contributed by atoms with van der Waals surface area (Å²) >= 11 is 5.48. The molecule has 0 unspecified atom stereocenters. The normalized spacial score (nSPS) is 18.1. The van der Waals surface area contributed by atoms with Crippen LogP contribution in [-0.4, -0.2) is 18.3 Å². The molecule has 1 rings (SSSR count). The van der Waals surface area contributed by atoms with Crippen LogP contribution in [0, 0.1) is 5.92 Å². The molecule has 0 aliphatic heterocycles. The van der Waals surface area contributed by atoms with Crippen LogP contribution in [-0.2, 0) is 4.79 Å². The molecule has 1 N–H and O–H groups in total. The lowest BCUT2D eigenvalue weighted by Gasteiger charge is -2.20. The lowest BCUT2D eigenvalue weighted by atomic mass is 9.86. The molecule has 0 aromatic rings. The number of nitrogens with one attached hydrogen (secondary N) is 1. The third kappa shape index (κ3) is 4.85. The zero-order chi connectivity index (χ0) is 10.2. The fourth-order valence-electron chi connectivity index (χ4n) is 2.09. The zero-order valence-corrected chi connectivity index (χ0v) is 9.48. The Balaban J connectivity index is 2.03. The van der Waals surface area contributed by atoms with Crippen molar-refractivity contribution in [2.75, 3.05) is 12.4 Å². The molecule has 0 bridgehead atoms. The lowest BCUT2D eigenvalue weighted by Crippen LogP contribution is -2.25. The minimum atomic E-state index is 0.163. The van der Waals surface area contributed by atoms with Crippen molar-refractivity contribution in [1.29, 1.82) is 0 Å². The van der Waals surface area contributed by atoms with Gasteiger partial charge >= 0.3 is 0 Å². The van der Waals surface area contributed by atoms with Crippen LogP contribution in [0.5, 0.6) is 0 Å². The Labute approximate surface area is 91.4 Å². The molecule has 82 valence electrons. The second-order valence-electron chi connectivity index (χ2n) is 4.08. The highest BCUT2D eigenvalue weighted by atomic mass is 35.5. The van der Waals surface area contributed by atoms with Gasteiger partial charge in [-0.25, -0.2) is 0 Å². The van der Waals surface area contributed by atoms with E-state index < -0.39 is 0 Å². The van der Waals surface area contributed by atoms with Crippen molar-refractivity contribution >= 4 is 17.5 Å². The molecule has 14 heavy (non-hydrogen) atoms. The molecule has 1 aliphatic carbocycles. The second kappa shape index (κ2) is 7.10. The third-order valence-electron chi connectivity index (χ3n) is 2.92. The summed E-state index contributed by atoms with van der Waals surface area (Å²) in [6.07, 6.45) is 8.48. The molecule has 1 aliphatic rings. The number of halogens is 1. The number of hydrogen-bond donors (Lipinski definition) is 1. The van der Waals surface area contributed by atoms with Crippen LogP contribution in [0.3, 0.4) is 0 Å². The van der Waals surface area contributed by atoms with Crippen LogP contribution in [0.4, 0.5) is 0 Å². The van der Waals surface area contributed by atoms with Gasteiger partial charge in [-0.05, 0) is 12.3 Å². The molecule has 3 heteroatoms. The molecule has 0 heterocycles. The Morgan fingerprint density at radius 2 is 2.00 bits per heavy atom. The van der Waals surface area contributed by atoms with Gasteiger partial charge in [-0.3, -0.25) is 4.79 Å². The molecular weight excluding hydrogens is 198 g/mol. The van der Waals surface area contributed by atoms with E-state index in [1.54, 1.807) is 0 Å². The van der Waals surface area contributed by atoms with E-state index in [9.17, 15) is 4.79 Å². The van der Waals surface area contributed by atoms with E-state index in [-0.39, 0.29) is 5.91 Å². The molecule has 2 nitrogen and oxygen atoms in total.